The number of rotatable bonds is 3. The molecule has 5 aromatic carbocycles. The highest BCUT2D eigenvalue weighted by Gasteiger charge is 2.35. The van der Waals surface area contributed by atoms with Crippen molar-refractivity contribution in [3.8, 4) is 5.69 Å². The van der Waals surface area contributed by atoms with Gasteiger partial charge in [-0.2, -0.15) is 0 Å². The molecule has 0 saturated carbocycles. The van der Waals surface area contributed by atoms with E-state index >= 15 is 0 Å². The molecular formula is C39H33N3S. The van der Waals surface area contributed by atoms with Gasteiger partial charge in [0.15, 0.2) is 0 Å². The second-order valence-electron chi connectivity index (χ2n) is 12.2. The van der Waals surface area contributed by atoms with E-state index in [1.54, 1.807) is 0 Å². The number of allylic oxidation sites excluding steroid dienone is 2. The van der Waals surface area contributed by atoms with E-state index in [4.69, 9.17) is 0 Å². The number of aromatic nitrogens is 1. The summed E-state index contributed by atoms with van der Waals surface area (Å²) in [6.07, 6.45) is 8.38. The van der Waals surface area contributed by atoms with Crippen LogP contribution >= 0.6 is 11.3 Å². The molecule has 0 fully saturated rings. The van der Waals surface area contributed by atoms with Gasteiger partial charge in [0.25, 0.3) is 0 Å². The first-order chi connectivity index (χ1) is 21.2. The lowest BCUT2D eigenvalue weighted by Gasteiger charge is -2.44. The fraction of sp³-hybridized carbons (Fsp3) is 0.179. The van der Waals surface area contributed by atoms with Crippen LogP contribution in [0.25, 0.3) is 47.7 Å². The van der Waals surface area contributed by atoms with Crippen LogP contribution in [0.1, 0.15) is 42.6 Å². The topological polar surface area (TPSA) is 20.2 Å². The lowest BCUT2D eigenvalue weighted by molar-refractivity contribution is 0.291. The third kappa shape index (κ3) is 3.90. The Hall–Kier alpha value is -4.38. The lowest BCUT2D eigenvalue weighted by Crippen LogP contribution is -2.45. The number of fused-ring (bicyclic) bond motifs is 7. The summed E-state index contributed by atoms with van der Waals surface area (Å²) < 4.78 is 5.14. The molecule has 1 aliphatic heterocycles. The van der Waals surface area contributed by atoms with Gasteiger partial charge in [-0.25, -0.2) is 0 Å². The molecule has 0 bridgehead atoms. The number of para-hydroxylation sites is 2. The van der Waals surface area contributed by atoms with E-state index < -0.39 is 0 Å². The average molecular weight is 576 g/mol. The monoisotopic (exact) mass is 575 g/mol. The van der Waals surface area contributed by atoms with Gasteiger partial charge in [0.1, 0.15) is 6.17 Å². The van der Waals surface area contributed by atoms with Crippen molar-refractivity contribution in [1.82, 2.24) is 9.88 Å². The summed E-state index contributed by atoms with van der Waals surface area (Å²) in [7, 11) is 2.23. The summed E-state index contributed by atoms with van der Waals surface area (Å²) in [6.45, 7) is 0. The van der Waals surface area contributed by atoms with Crippen LogP contribution in [0.4, 0.5) is 5.69 Å². The first-order valence-electron chi connectivity index (χ1n) is 15.4. The Morgan fingerprint density at radius 2 is 1.49 bits per heavy atom. The summed E-state index contributed by atoms with van der Waals surface area (Å²) in [4.78, 5) is 2.42. The number of hydrogen-bond acceptors (Lipinski definition) is 3. The van der Waals surface area contributed by atoms with Crippen molar-refractivity contribution in [2.45, 2.75) is 31.5 Å². The van der Waals surface area contributed by atoms with Crippen molar-refractivity contribution < 1.29 is 0 Å². The maximum absolute atomic E-state index is 4.08. The van der Waals surface area contributed by atoms with Gasteiger partial charge in [-0.15, -0.1) is 11.3 Å². The normalized spacial score (nSPS) is 20.4. The van der Waals surface area contributed by atoms with Crippen LogP contribution in [0.15, 0.2) is 121 Å². The molecule has 9 rings (SSSR count). The molecule has 3 nitrogen and oxygen atoms in total. The highest BCUT2D eigenvalue weighted by atomic mass is 32.1. The maximum Gasteiger partial charge on any atom is 0.106 e. The van der Waals surface area contributed by atoms with E-state index in [1.807, 2.05) is 11.3 Å². The second-order valence-corrected chi connectivity index (χ2v) is 13.3. The molecule has 0 radical (unpaired) electrons. The Morgan fingerprint density at radius 1 is 0.698 bits per heavy atom. The molecule has 3 heterocycles. The fourth-order valence-electron chi connectivity index (χ4n) is 7.68. The van der Waals surface area contributed by atoms with E-state index in [-0.39, 0.29) is 6.17 Å². The zero-order valence-corrected chi connectivity index (χ0v) is 25.0. The standard InChI is InChI=1S/C39H33N3S/c1-41-33-16-8-6-15-30(33)38(25-11-3-2-4-12-25)40-39(41)26-19-21-27(22-20-26)42-34-17-9-5-13-28(34)31-24-37-32(23-35(31)42)29-14-7-10-18-36(29)43-37/h2-3,5-10,13-25,38-40H,4,11-12H2,1H3. The molecule has 2 aromatic heterocycles. The molecule has 1 aliphatic carbocycles. The van der Waals surface area contributed by atoms with Crippen molar-refractivity contribution in [2.24, 2.45) is 5.92 Å². The van der Waals surface area contributed by atoms with Gasteiger partial charge in [-0.1, -0.05) is 78.9 Å². The minimum Gasteiger partial charge on any atom is -0.355 e. The first-order valence-corrected chi connectivity index (χ1v) is 16.2. The third-order valence-corrected chi connectivity index (χ3v) is 10.9. The predicted octanol–water partition coefficient (Wildman–Crippen LogP) is 10.3. The summed E-state index contributed by atoms with van der Waals surface area (Å²) in [5.41, 5.74) is 7.77. The van der Waals surface area contributed by atoms with Crippen LogP contribution in [0.2, 0.25) is 0 Å². The zero-order valence-electron chi connectivity index (χ0n) is 24.2. The highest BCUT2D eigenvalue weighted by molar-refractivity contribution is 7.25. The predicted molar refractivity (Wildman–Crippen MR) is 184 cm³/mol. The molecule has 3 atom stereocenters. The largest absolute Gasteiger partial charge is 0.355 e. The molecule has 0 amide bonds. The van der Waals surface area contributed by atoms with E-state index in [0.717, 1.165) is 6.42 Å². The third-order valence-electron chi connectivity index (χ3n) is 9.80. The number of thiophene rings is 1. The van der Waals surface area contributed by atoms with Crippen LogP contribution in [0.3, 0.4) is 0 Å². The van der Waals surface area contributed by atoms with Crippen LogP contribution in [0.5, 0.6) is 0 Å². The van der Waals surface area contributed by atoms with E-state index in [9.17, 15) is 0 Å². The Labute approximate surface area is 255 Å². The van der Waals surface area contributed by atoms with Crippen LogP contribution in [-0.4, -0.2) is 11.6 Å². The van der Waals surface area contributed by atoms with Gasteiger partial charge < -0.3 is 9.47 Å². The number of nitrogens with one attached hydrogen (secondary N) is 1. The van der Waals surface area contributed by atoms with Crippen molar-refractivity contribution >= 4 is 59.0 Å². The van der Waals surface area contributed by atoms with E-state index in [1.165, 1.54) is 77.3 Å². The van der Waals surface area contributed by atoms with Gasteiger partial charge in [-0.3, -0.25) is 5.32 Å². The molecule has 0 saturated heterocycles. The molecule has 0 spiro atoms. The zero-order chi connectivity index (χ0) is 28.5. The van der Waals surface area contributed by atoms with Gasteiger partial charge in [0, 0.05) is 55.4 Å². The van der Waals surface area contributed by atoms with Crippen molar-refractivity contribution in [3.05, 3.63) is 132 Å². The summed E-state index contributed by atoms with van der Waals surface area (Å²) in [5, 5.41) is 9.37. The molecule has 1 N–H and O–H groups in total. The fourth-order valence-corrected chi connectivity index (χ4v) is 8.81. The van der Waals surface area contributed by atoms with Crippen LogP contribution in [0, 0.1) is 5.92 Å². The van der Waals surface area contributed by atoms with Crippen LogP contribution < -0.4 is 10.2 Å². The Kier molecular flexibility index (Phi) is 5.75. The lowest BCUT2D eigenvalue weighted by atomic mass is 9.81. The molecule has 3 unspecified atom stereocenters. The van der Waals surface area contributed by atoms with Crippen molar-refractivity contribution in [3.63, 3.8) is 0 Å². The molecular weight excluding hydrogens is 543 g/mol. The number of anilines is 1. The summed E-state index contributed by atoms with van der Waals surface area (Å²) in [6, 6.07) is 41.0. The quantitative estimate of drug-likeness (QED) is 0.212. The molecule has 2 aliphatic rings. The van der Waals surface area contributed by atoms with Gasteiger partial charge >= 0.3 is 0 Å². The average Bonchev–Trinajstić information content (AvgIpc) is 3.59. The minimum absolute atomic E-state index is 0.120. The Balaban J connectivity index is 1.16. The Bertz CT molecular complexity index is 2180. The SMILES string of the molecule is CN1c2ccccc2C(C2CC=CCC2)NC1c1ccc(-n2c3ccccc3c3cc4sc5ccccc5c4cc32)cc1. The van der Waals surface area contributed by atoms with Gasteiger partial charge in [0.2, 0.25) is 0 Å². The summed E-state index contributed by atoms with van der Waals surface area (Å²) in [5.74, 6) is 0.615. The van der Waals surface area contributed by atoms with E-state index in [0.29, 0.717) is 12.0 Å². The molecule has 210 valence electrons. The first kappa shape index (κ1) is 25.1. The van der Waals surface area contributed by atoms with Crippen molar-refractivity contribution in [1.29, 1.82) is 0 Å². The van der Waals surface area contributed by atoms with Crippen molar-refractivity contribution in [2.75, 3.05) is 11.9 Å². The van der Waals surface area contributed by atoms with Crippen LogP contribution in [-0.2, 0) is 0 Å². The van der Waals surface area contributed by atoms with Gasteiger partial charge in [-0.05, 0) is 78.8 Å². The minimum atomic E-state index is 0.120. The number of hydrogen-bond donors (Lipinski definition) is 1. The number of benzene rings is 5. The maximum atomic E-state index is 4.08. The molecule has 4 heteroatoms. The second kappa shape index (κ2) is 9.84. The highest BCUT2D eigenvalue weighted by Crippen LogP contribution is 2.44. The summed E-state index contributed by atoms with van der Waals surface area (Å²) >= 11 is 1.89. The number of nitrogens with zero attached hydrogens (tertiary/aromatic N) is 2. The Morgan fingerprint density at radius 3 is 2.35 bits per heavy atom. The molecule has 7 aromatic rings. The molecule has 43 heavy (non-hydrogen) atoms. The van der Waals surface area contributed by atoms with Gasteiger partial charge in [0.05, 0.1) is 11.0 Å². The smallest absolute Gasteiger partial charge is 0.106 e. The van der Waals surface area contributed by atoms with E-state index in [2.05, 4.69) is 143 Å².